The van der Waals surface area contributed by atoms with Crippen molar-refractivity contribution in [2.45, 2.75) is 6.17 Å². The SMILES string of the molecule is COc1cc(-c2cn(C)c(=O)c3cnc(N4CC(F)C4)cc23)cc(OC)c1N. The molecule has 3 heterocycles. The predicted octanol–water partition coefficient (Wildman–Crippen LogP) is 2.36. The number of halogens is 1. The number of pyridine rings is 2. The zero-order valence-corrected chi connectivity index (χ0v) is 15.9. The fraction of sp³-hybridized carbons (Fsp3) is 0.300. The summed E-state index contributed by atoms with van der Waals surface area (Å²) < 4.78 is 25.5. The van der Waals surface area contributed by atoms with Crippen molar-refractivity contribution in [3.63, 3.8) is 0 Å². The molecule has 7 nitrogen and oxygen atoms in total. The van der Waals surface area contributed by atoms with E-state index < -0.39 is 6.17 Å². The molecule has 0 unspecified atom stereocenters. The molecule has 2 N–H and O–H groups in total. The number of benzene rings is 1. The van der Waals surface area contributed by atoms with E-state index in [1.807, 2.05) is 11.0 Å². The van der Waals surface area contributed by atoms with Crippen molar-refractivity contribution in [3.05, 3.63) is 40.9 Å². The molecule has 1 fully saturated rings. The smallest absolute Gasteiger partial charge is 0.259 e. The maximum atomic E-state index is 13.3. The summed E-state index contributed by atoms with van der Waals surface area (Å²) in [6, 6.07) is 5.43. The number of ether oxygens (including phenoxy) is 2. The van der Waals surface area contributed by atoms with Crippen LogP contribution in [0.2, 0.25) is 0 Å². The Morgan fingerprint density at radius 2 is 1.79 bits per heavy atom. The Kier molecular flexibility index (Phi) is 4.33. The molecule has 0 amide bonds. The van der Waals surface area contributed by atoms with Crippen molar-refractivity contribution in [1.82, 2.24) is 9.55 Å². The quantitative estimate of drug-likeness (QED) is 0.696. The lowest BCUT2D eigenvalue weighted by Gasteiger charge is -2.35. The minimum atomic E-state index is -0.841. The molecule has 8 heteroatoms. The number of nitrogens with two attached hydrogens (primary N) is 1. The maximum Gasteiger partial charge on any atom is 0.259 e. The van der Waals surface area contributed by atoms with E-state index in [-0.39, 0.29) is 5.56 Å². The third-order valence-corrected chi connectivity index (χ3v) is 5.07. The standard InChI is InChI=1S/C20H21FN4O3/c1-24-10-15(11-4-16(27-2)19(22)17(5-11)28-3)13-6-18(25-8-12(21)9-25)23-7-14(13)20(24)26/h4-7,10,12H,8-9,22H2,1-3H3. The first-order valence-electron chi connectivity index (χ1n) is 8.83. The van der Waals surface area contributed by atoms with Gasteiger partial charge < -0.3 is 24.7 Å². The first-order valence-corrected chi connectivity index (χ1v) is 8.83. The highest BCUT2D eigenvalue weighted by molar-refractivity contribution is 5.97. The Morgan fingerprint density at radius 3 is 2.36 bits per heavy atom. The van der Waals surface area contributed by atoms with E-state index in [4.69, 9.17) is 15.2 Å². The van der Waals surface area contributed by atoms with Crippen LogP contribution in [0.1, 0.15) is 0 Å². The molecule has 0 radical (unpaired) electrons. The molecular formula is C20H21FN4O3. The third-order valence-electron chi connectivity index (χ3n) is 5.07. The van der Waals surface area contributed by atoms with Crippen LogP contribution in [0, 0.1) is 0 Å². The molecule has 1 saturated heterocycles. The van der Waals surface area contributed by atoms with Crippen molar-refractivity contribution in [2.24, 2.45) is 7.05 Å². The Morgan fingerprint density at radius 1 is 1.14 bits per heavy atom. The number of alkyl halides is 1. The zero-order valence-electron chi connectivity index (χ0n) is 15.9. The molecule has 0 spiro atoms. The molecule has 1 aliphatic rings. The van der Waals surface area contributed by atoms with E-state index >= 15 is 0 Å². The van der Waals surface area contributed by atoms with E-state index in [1.54, 1.807) is 31.6 Å². The van der Waals surface area contributed by atoms with Crippen LogP contribution in [0.15, 0.2) is 35.4 Å². The lowest BCUT2D eigenvalue weighted by molar-refractivity contribution is 0.273. The van der Waals surface area contributed by atoms with Gasteiger partial charge in [-0.1, -0.05) is 0 Å². The molecule has 28 heavy (non-hydrogen) atoms. The molecule has 4 rings (SSSR count). The molecular weight excluding hydrogens is 363 g/mol. The number of aryl methyl sites for hydroxylation is 1. The van der Waals surface area contributed by atoms with Crippen LogP contribution in [-0.4, -0.2) is 43.0 Å². The average molecular weight is 384 g/mol. The summed E-state index contributed by atoms with van der Waals surface area (Å²) in [5.74, 6) is 1.60. The van der Waals surface area contributed by atoms with Crippen molar-refractivity contribution >= 4 is 22.3 Å². The molecule has 0 aliphatic carbocycles. The molecule has 3 aromatic rings. The van der Waals surface area contributed by atoms with E-state index in [1.165, 1.54) is 18.8 Å². The summed E-state index contributed by atoms with van der Waals surface area (Å²) in [5.41, 5.74) is 7.90. The topological polar surface area (TPSA) is 82.6 Å². The fourth-order valence-electron chi connectivity index (χ4n) is 3.46. The summed E-state index contributed by atoms with van der Waals surface area (Å²) in [7, 11) is 4.76. The fourth-order valence-corrected chi connectivity index (χ4v) is 3.46. The summed E-state index contributed by atoms with van der Waals surface area (Å²) in [4.78, 5) is 18.8. The van der Waals surface area contributed by atoms with Gasteiger partial charge in [0.05, 0.1) is 32.7 Å². The van der Waals surface area contributed by atoms with Crippen LogP contribution in [0.4, 0.5) is 15.9 Å². The zero-order chi connectivity index (χ0) is 20.0. The number of hydrogen-bond donors (Lipinski definition) is 1. The first kappa shape index (κ1) is 18.1. The summed E-state index contributed by atoms with van der Waals surface area (Å²) in [6.07, 6.45) is 2.46. The van der Waals surface area contributed by atoms with Crippen LogP contribution < -0.4 is 25.7 Å². The van der Waals surface area contributed by atoms with Gasteiger partial charge in [-0.05, 0) is 23.8 Å². The molecule has 0 saturated carbocycles. The number of nitrogens with zero attached hydrogens (tertiary/aromatic N) is 3. The van der Waals surface area contributed by atoms with Gasteiger partial charge >= 0.3 is 0 Å². The summed E-state index contributed by atoms with van der Waals surface area (Å²) >= 11 is 0. The molecule has 0 bridgehead atoms. The van der Waals surface area contributed by atoms with Crippen molar-refractivity contribution in [1.29, 1.82) is 0 Å². The van der Waals surface area contributed by atoms with Gasteiger partial charge in [-0.3, -0.25) is 4.79 Å². The van der Waals surface area contributed by atoms with E-state index in [2.05, 4.69) is 4.98 Å². The van der Waals surface area contributed by atoms with Gasteiger partial charge in [0.1, 0.15) is 29.2 Å². The molecule has 2 aromatic heterocycles. The number of aromatic nitrogens is 2. The summed E-state index contributed by atoms with van der Waals surface area (Å²) in [5, 5.41) is 1.21. The Bertz CT molecular complexity index is 1100. The van der Waals surface area contributed by atoms with Crippen LogP contribution in [-0.2, 0) is 7.05 Å². The van der Waals surface area contributed by atoms with Crippen LogP contribution in [0.3, 0.4) is 0 Å². The number of rotatable bonds is 4. The molecule has 146 valence electrons. The minimum Gasteiger partial charge on any atom is -0.494 e. The lowest BCUT2D eigenvalue weighted by atomic mass is 10.00. The number of methoxy groups -OCH3 is 2. The monoisotopic (exact) mass is 384 g/mol. The van der Waals surface area contributed by atoms with Gasteiger partial charge in [0.25, 0.3) is 5.56 Å². The van der Waals surface area contributed by atoms with Gasteiger partial charge in [-0.2, -0.15) is 0 Å². The number of hydrogen-bond acceptors (Lipinski definition) is 6. The number of anilines is 2. The predicted molar refractivity (Wildman–Crippen MR) is 107 cm³/mol. The minimum absolute atomic E-state index is 0.154. The maximum absolute atomic E-state index is 13.3. The average Bonchev–Trinajstić information content (AvgIpc) is 2.68. The van der Waals surface area contributed by atoms with E-state index in [9.17, 15) is 9.18 Å². The van der Waals surface area contributed by atoms with E-state index in [0.717, 1.165) is 16.5 Å². The highest BCUT2D eigenvalue weighted by Crippen LogP contribution is 2.39. The van der Waals surface area contributed by atoms with Gasteiger partial charge in [0.2, 0.25) is 0 Å². The van der Waals surface area contributed by atoms with Crippen LogP contribution in [0.25, 0.3) is 21.9 Å². The van der Waals surface area contributed by atoms with Crippen LogP contribution >= 0.6 is 0 Å². The van der Waals surface area contributed by atoms with Crippen LogP contribution in [0.5, 0.6) is 11.5 Å². The molecule has 1 aromatic carbocycles. The highest BCUT2D eigenvalue weighted by atomic mass is 19.1. The second-order valence-electron chi connectivity index (χ2n) is 6.84. The molecule has 1 aliphatic heterocycles. The van der Waals surface area contributed by atoms with Crippen molar-refractivity contribution in [2.75, 3.05) is 37.9 Å². The van der Waals surface area contributed by atoms with Crippen molar-refractivity contribution in [3.8, 4) is 22.6 Å². The van der Waals surface area contributed by atoms with Gasteiger partial charge in [0.15, 0.2) is 0 Å². The van der Waals surface area contributed by atoms with Gasteiger partial charge in [-0.25, -0.2) is 9.37 Å². The Hall–Kier alpha value is -3.29. The number of nitrogen functional groups attached to an aromatic ring is 1. The van der Waals surface area contributed by atoms with Crippen molar-refractivity contribution < 1.29 is 13.9 Å². The molecule has 0 atom stereocenters. The van der Waals surface area contributed by atoms with Gasteiger partial charge in [-0.15, -0.1) is 0 Å². The second-order valence-corrected chi connectivity index (χ2v) is 6.84. The van der Waals surface area contributed by atoms with Gasteiger partial charge in [0, 0.05) is 30.4 Å². The lowest BCUT2D eigenvalue weighted by Crippen LogP contribution is -2.48. The second kappa shape index (κ2) is 6.70. The number of fused-ring (bicyclic) bond motifs is 1. The largest absolute Gasteiger partial charge is 0.494 e. The third kappa shape index (κ3) is 2.81. The normalized spacial score (nSPS) is 14.2. The summed E-state index contributed by atoms with van der Waals surface area (Å²) in [6.45, 7) is 0.615. The Labute approximate surface area is 161 Å². The first-order chi connectivity index (χ1) is 13.4. The Balaban J connectivity index is 1.97. The van der Waals surface area contributed by atoms with E-state index in [0.29, 0.717) is 41.5 Å². The highest BCUT2D eigenvalue weighted by Gasteiger charge is 2.27.